The Hall–Kier alpha value is -2.79. The number of hydrogen-bond acceptors (Lipinski definition) is 5. The molecule has 3 rings (SSSR count). The molecule has 0 amide bonds. The first kappa shape index (κ1) is 19.0. The zero-order valence-electron chi connectivity index (χ0n) is 15.5. The van der Waals surface area contributed by atoms with Crippen molar-refractivity contribution in [2.75, 3.05) is 13.7 Å². The van der Waals surface area contributed by atoms with Crippen molar-refractivity contribution in [2.24, 2.45) is 0 Å². The van der Waals surface area contributed by atoms with Gasteiger partial charge >= 0.3 is 0 Å². The Morgan fingerprint density at radius 2 is 2.00 bits per heavy atom. The molecule has 1 heterocycles. The molecule has 140 valence electrons. The summed E-state index contributed by atoms with van der Waals surface area (Å²) < 4.78 is 16.8. The summed E-state index contributed by atoms with van der Waals surface area (Å²) in [6.45, 7) is 4.67. The average Bonchev–Trinajstić information content (AvgIpc) is 3.17. The largest absolute Gasteiger partial charge is 0.493 e. The van der Waals surface area contributed by atoms with E-state index in [1.807, 2.05) is 49.4 Å². The number of aromatic nitrogens is 2. The van der Waals surface area contributed by atoms with Gasteiger partial charge in [0.15, 0.2) is 11.5 Å². The van der Waals surface area contributed by atoms with Gasteiger partial charge in [0.25, 0.3) is 5.89 Å². The number of methoxy groups -OCH3 is 1. The Balaban J connectivity index is 1.85. The van der Waals surface area contributed by atoms with Crippen LogP contribution in [-0.2, 0) is 0 Å². The van der Waals surface area contributed by atoms with Crippen molar-refractivity contribution in [1.29, 1.82) is 0 Å². The minimum atomic E-state index is 0.264. The first-order chi connectivity index (χ1) is 13.1. The van der Waals surface area contributed by atoms with Crippen molar-refractivity contribution in [3.05, 3.63) is 59.5 Å². The first-order valence-corrected chi connectivity index (χ1v) is 9.07. The zero-order valence-corrected chi connectivity index (χ0v) is 16.3. The summed E-state index contributed by atoms with van der Waals surface area (Å²) in [4.78, 5) is 0. The molecule has 0 unspecified atom stereocenters. The van der Waals surface area contributed by atoms with Gasteiger partial charge < -0.3 is 13.9 Å². The predicted molar refractivity (Wildman–Crippen MR) is 107 cm³/mol. The van der Waals surface area contributed by atoms with Gasteiger partial charge in [0.2, 0.25) is 5.89 Å². The Morgan fingerprint density at radius 1 is 1.15 bits per heavy atom. The molecule has 3 aromatic rings. The zero-order chi connectivity index (χ0) is 19.2. The van der Waals surface area contributed by atoms with Crippen LogP contribution in [0.2, 0.25) is 0 Å². The van der Waals surface area contributed by atoms with Gasteiger partial charge in [-0.15, -0.1) is 10.2 Å². The van der Waals surface area contributed by atoms with E-state index >= 15 is 0 Å². The SMILES string of the molecule is CCCOc1cc(/C=C(\Cl)c2nnc(-c3cccc(C)c3)o2)ccc1OC. The second-order valence-electron chi connectivity index (χ2n) is 6.03. The minimum absolute atomic E-state index is 0.264. The molecule has 0 saturated carbocycles. The molecule has 0 bridgehead atoms. The Labute approximate surface area is 163 Å². The molecule has 2 aromatic carbocycles. The van der Waals surface area contributed by atoms with E-state index in [1.165, 1.54) is 0 Å². The van der Waals surface area contributed by atoms with E-state index < -0.39 is 0 Å². The fourth-order valence-corrected chi connectivity index (χ4v) is 2.73. The molecule has 0 spiro atoms. The Kier molecular flexibility index (Phi) is 6.14. The monoisotopic (exact) mass is 384 g/mol. The van der Waals surface area contributed by atoms with E-state index in [4.69, 9.17) is 25.5 Å². The van der Waals surface area contributed by atoms with E-state index in [2.05, 4.69) is 17.1 Å². The van der Waals surface area contributed by atoms with Gasteiger partial charge in [0.1, 0.15) is 5.03 Å². The van der Waals surface area contributed by atoms with Crippen LogP contribution in [0.3, 0.4) is 0 Å². The summed E-state index contributed by atoms with van der Waals surface area (Å²) in [5, 5.41) is 8.49. The number of ether oxygens (including phenoxy) is 2. The molecule has 0 aliphatic heterocycles. The van der Waals surface area contributed by atoms with Gasteiger partial charge in [-0.1, -0.05) is 42.3 Å². The van der Waals surface area contributed by atoms with Crippen LogP contribution in [-0.4, -0.2) is 23.9 Å². The lowest BCUT2D eigenvalue weighted by molar-refractivity contribution is 0.294. The smallest absolute Gasteiger partial charge is 0.259 e. The standard InChI is InChI=1S/C21H21ClN2O3/c1-4-10-26-19-13-15(8-9-18(19)25-3)12-17(22)21-24-23-20(27-21)16-7-5-6-14(2)11-16/h5-9,11-13H,4,10H2,1-3H3/b17-12-. The topological polar surface area (TPSA) is 57.4 Å². The normalized spacial score (nSPS) is 11.5. The quantitative estimate of drug-likeness (QED) is 0.532. The van der Waals surface area contributed by atoms with Crippen LogP contribution in [0.5, 0.6) is 11.5 Å². The summed E-state index contributed by atoms with van der Waals surface area (Å²) in [6, 6.07) is 13.5. The summed E-state index contributed by atoms with van der Waals surface area (Å²) in [7, 11) is 1.61. The number of halogens is 1. The molecule has 0 atom stereocenters. The van der Waals surface area contributed by atoms with Gasteiger partial charge in [-0.2, -0.15) is 0 Å². The number of nitrogens with zero attached hydrogens (tertiary/aromatic N) is 2. The van der Waals surface area contributed by atoms with Crippen molar-refractivity contribution in [3.63, 3.8) is 0 Å². The highest BCUT2D eigenvalue weighted by molar-refractivity contribution is 6.50. The maximum absolute atomic E-state index is 6.40. The van der Waals surface area contributed by atoms with Crippen LogP contribution in [0, 0.1) is 6.92 Å². The molecule has 1 aromatic heterocycles. The van der Waals surface area contributed by atoms with Crippen molar-refractivity contribution < 1.29 is 13.9 Å². The number of benzene rings is 2. The summed E-state index contributed by atoms with van der Waals surface area (Å²) in [5.41, 5.74) is 2.83. The molecule has 27 heavy (non-hydrogen) atoms. The van der Waals surface area contributed by atoms with E-state index in [-0.39, 0.29) is 5.89 Å². The maximum Gasteiger partial charge on any atom is 0.259 e. The minimum Gasteiger partial charge on any atom is -0.493 e. The fourth-order valence-electron chi connectivity index (χ4n) is 2.53. The molecular formula is C21H21ClN2O3. The molecule has 5 nitrogen and oxygen atoms in total. The highest BCUT2D eigenvalue weighted by Gasteiger charge is 2.12. The van der Waals surface area contributed by atoms with Crippen molar-refractivity contribution >= 4 is 22.7 Å². The molecular weight excluding hydrogens is 364 g/mol. The van der Waals surface area contributed by atoms with E-state index in [9.17, 15) is 0 Å². The molecule has 0 N–H and O–H groups in total. The van der Waals surface area contributed by atoms with Gasteiger partial charge in [-0.3, -0.25) is 0 Å². The van der Waals surface area contributed by atoms with Gasteiger partial charge in [-0.05, 0) is 49.2 Å². The van der Waals surface area contributed by atoms with Crippen LogP contribution in [0.1, 0.15) is 30.4 Å². The second kappa shape index (κ2) is 8.73. The number of aryl methyl sites for hydroxylation is 1. The van der Waals surface area contributed by atoms with Crippen LogP contribution >= 0.6 is 11.6 Å². The predicted octanol–water partition coefficient (Wildman–Crippen LogP) is 5.58. The Bertz CT molecular complexity index is 950. The summed E-state index contributed by atoms with van der Waals surface area (Å²) in [6.07, 6.45) is 2.67. The number of rotatable bonds is 7. The third kappa shape index (κ3) is 4.68. The third-order valence-corrected chi connectivity index (χ3v) is 4.11. The van der Waals surface area contributed by atoms with Crippen LogP contribution in [0.25, 0.3) is 22.6 Å². The molecule has 0 fully saturated rings. The molecule has 6 heteroatoms. The molecule has 0 aliphatic rings. The van der Waals surface area contributed by atoms with Crippen molar-refractivity contribution in [2.45, 2.75) is 20.3 Å². The maximum atomic E-state index is 6.40. The Morgan fingerprint density at radius 3 is 2.74 bits per heavy atom. The highest BCUT2D eigenvalue weighted by Crippen LogP contribution is 2.31. The van der Waals surface area contributed by atoms with Gasteiger partial charge in [-0.25, -0.2) is 0 Å². The van der Waals surface area contributed by atoms with Gasteiger partial charge in [0, 0.05) is 5.56 Å². The first-order valence-electron chi connectivity index (χ1n) is 8.69. The molecule has 0 radical (unpaired) electrons. The fraction of sp³-hybridized carbons (Fsp3) is 0.238. The number of hydrogen-bond donors (Lipinski definition) is 0. The second-order valence-corrected chi connectivity index (χ2v) is 6.44. The molecule has 0 aliphatic carbocycles. The van der Waals surface area contributed by atoms with Crippen LogP contribution < -0.4 is 9.47 Å². The summed E-state index contributed by atoms with van der Waals surface area (Å²) >= 11 is 6.40. The van der Waals surface area contributed by atoms with Crippen molar-refractivity contribution in [1.82, 2.24) is 10.2 Å². The van der Waals surface area contributed by atoms with Gasteiger partial charge in [0.05, 0.1) is 13.7 Å². The van der Waals surface area contributed by atoms with Crippen molar-refractivity contribution in [3.8, 4) is 23.0 Å². The van der Waals surface area contributed by atoms with Crippen LogP contribution in [0.4, 0.5) is 0 Å². The van der Waals surface area contributed by atoms with Crippen LogP contribution in [0.15, 0.2) is 46.9 Å². The molecule has 0 saturated heterocycles. The van der Waals surface area contributed by atoms with E-state index in [0.717, 1.165) is 23.1 Å². The highest BCUT2D eigenvalue weighted by atomic mass is 35.5. The third-order valence-electron chi connectivity index (χ3n) is 3.84. The lowest BCUT2D eigenvalue weighted by atomic mass is 10.1. The van der Waals surface area contributed by atoms with E-state index in [1.54, 1.807) is 13.2 Å². The summed E-state index contributed by atoms with van der Waals surface area (Å²) in [5.74, 6) is 2.04. The average molecular weight is 385 g/mol. The lowest BCUT2D eigenvalue weighted by Gasteiger charge is -2.10. The lowest BCUT2D eigenvalue weighted by Crippen LogP contribution is -1.98. The van der Waals surface area contributed by atoms with E-state index in [0.29, 0.717) is 29.0 Å².